The van der Waals surface area contributed by atoms with E-state index in [0.29, 0.717) is 18.5 Å². The van der Waals surface area contributed by atoms with E-state index in [1.54, 1.807) is 25.3 Å². The van der Waals surface area contributed by atoms with Crippen LogP contribution in [0.4, 0.5) is 0 Å². The van der Waals surface area contributed by atoms with Gasteiger partial charge < -0.3 is 15.2 Å². The number of carbonyl (C=O) groups excluding carboxylic acids is 2. The summed E-state index contributed by atoms with van der Waals surface area (Å²) < 4.78 is 0. The molecule has 3 N–H and O–H groups in total. The largest absolute Gasteiger partial charge is 0.479 e. The average molecular weight is 475 g/mol. The van der Waals surface area contributed by atoms with Gasteiger partial charge in [-0.05, 0) is 31.4 Å². The molecule has 0 bridgehead atoms. The molecule has 1 aliphatic rings. The normalized spacial score (nSPS) is 18.4. The van der Waals surface area contributed by atoms with Crippen molar-refractivity contribution in [2.45, 2.75) is 96.9 Å². The molecule has 8 heteroatoms. The highest BCUT2D eigenvalue weighted by molar-refractivity contribution is 6.33. The minimum absolute atomic E-state index is 0.00765. The van der Waals surface area contributed by atoms with Gasteiger partial charge >= 0.3 is 11.9 Å². The fraction of sp³-hybridized carbons (Fsp3) is 0.654. The molecule has 0 radical (unpaired) electrons. The van der Waals surface area contributed by atoms with Crippen LogP contribution in [0.2, 0.25) is 0 Å². The summed E-state index contributed by atoms with van der Waals surface area (Å²) in [7, 11) is 0. The first-order valence-corrected chi connectivity index (χ1v) is 12.5. The molecule has 0 aromatic carbocycles. The number of aliphatic imine (C=N–C) groups is 1. The Morgan fingerprint density at radius 2 is 1.41 bits per heavy atom. The fourth-order valence-corrected chi connectivity index (χ4v) is 5.29. The lowest BCUT2D eigenvalue weighted by molar-refractivity contribution is -0.161. The van der Waals surface area contributed by atoms with Crippen LogP contribution in [0.5, 0.6) is 0 Å². The third-order valence-corrected chi connectivity index (χ3v) is 7.00. The maximum absolute atomic E-state index is 14.0. The first-order chi connectivity index (χ1) is 16.2. The molecule has 0 fully saturated rings. The van der Waals surface area contributed by atoms with Crippen molar-refractivity contribution in [1.82, 2.24) is 4.98 Å². The molecule has 0 saturated carbocycles. The van der Waals surface area contributed by atoms with Crippen LogP contribution in [0.15, 0.2) is 23.3 Å². The number of Topliss-reactive ketones (excluding diaryl/α,β-unsaturated/α-hetero) is 2. The summed E-state index contributed by atoms with van der Waals surface area (Å²) in [5, 5.41) is 20.2. The highest BCUT2D eigenvalue weighted by atomic mass is 16.4. The highest BCUT2D eigenvalue weighted by Crippen LogP contribution is 2.52. The quantitative estimate of drug-likeness (QED) is 0.232. The zero-order valence-electron chi connectivity index (χ0n) is 20.6. The van der Waals surface area contributed by atoms with Crippen LogP contribution < -0.4 is 0 Å². The summed E-state index contributed by atoms with van der Waals surface area (Å²) in [6, 6.07) is 3.26. The zero-order valence-corrected chi connectivity index (χ0v) is 20.6. The molecule has 0 spiro atoms. The van der Waals surface area contributed by atoms with E-state index in [-0.39, 0.29) is 25.0 Å². The molecule has 1 atom stereocenters. The van der Waals surface area contributed by atoms with Gasteiger partial charge in [0.1, 0.15) is 5.41 Å². The monoisotopic (exact) mass is 474 g/mol. The summed E-state index contributed by atoms with van der Waals surface area (Å²) >= 11 is 0. The lowest BCUT2D eigenvalue weighted by Gasteiger charge is -2.37. The molecule has 8 nitrogen and oxygen atoms in total. The lowest BCUT2D eigenvalue weighted by Crippen LogP contribution is -2.58. The number of hydrogen-bond acceptors (Lipinski definition) is 5. The fourth-order valence-electron chi connectivity index (χ4n) is 5.29. The number of carboxylic acid groups (broad SMARTS) is 2. The van der Waals surface area contributed by atoms with E-state index in [9.17, 15) is 29.4 Å². The van der Waals surface area contributed by atoms with Crippen molar-refractivity contribution < 1.29 is 29.4 Å². The Bertz CT molecular complexity index is 864. The number of aliphatic carboxylic acids is 2. The van der Waals surface area contributed by atoms with Crippen molar-refractivity contribution in [2.75, 3.05) is 0 Å². The average Bonchev–Trinajstić information content (AvgIpc) is 3.44. The molecule has 0 amide bonds. The van der Waals surface area contributed by atoms with Crippen LogP contribution in [-0.2, 0) is 19.2 Å². The number of H-pyrrole nitrogens is 1. The second-order valence-electron chi connectivity index (χ2n) is 9.16. The highest BCUT2D eigenvalue weighted by Gasteiger charge is 2.71. The Balaban J connectivity index is 2.70. The van der Waals surface area contributed by atoms with Crippen LogP contribution in [0.3, 0.4) is 0 Å². The number of aromatic amines is 1. The van der Waals surface area contributed by atoms with E-state index in [4.69, 9.17) is 0 Å². The van der Waals surface area contributed by atoms with Gasteiger partial charge in [0.15, 0.2) is 11.6 Å². The maximum atomic E-state index is 14.0. The predicted molar refractivity (Wildman–Crippen MR) is 129 cm³/mol. The Hall–Kier alpha value is -2.77. The predicted octanol–water partition coefficient (Wildman–Crippen LogP) is 4.82. The second kappa shape index (κ2) is 12.1. The van der Waals surface area contributed by atoms with Gasteiger partial charge in [0.2, 0.25) is 0 Å². The Labute approximate surface area is 201 Å². The van der Waals surface area contributed by atoms with Gasteiger partial charge in [-0.15, -0.1) is 0 Å². The molecule has 1 aliphatic heterocycles. The van der Waals surface area contributed by atoms with Crippen molar-refractivity contribution in [3.63, 3.8) is 0 Å². The lowest BCUT2D eigenvalue weighted by atomic mass is 9.59. The molecule has 1 aromatic rings. The van der Waals surface area contributed by atoms with Crippen LogP contribution in [0.25, 0.3) is 0 Å². The van der Waals surface area contributed by atoms with E-state index < -0.39 is 40.4 Å². The number of carboxylic acids is 2. The Kier molecular flexibility index (Phi) is 9.77. The minimum atomic E-state index is -2.60. The number of nitrogens with zero attached hydrogens (tertiary/aromatic N) is 1. The standard InChI is InChI=1S/C26H38N2O6/c1-4-7-9-11-15-20(29)25(21(30)16-12-10-8-5-2)19(6-3)26(23(31)32,24(33)34)28-22(25)18-14-13-17-27-18/h13-14,17,19,27H,4-12,15-16H2,1-3H3,(H,31,32)(H,33,34). The van der Waals surface area contributed by atoms with Crippen LogP contribution >= 0.6 is 0 Å². The number of hydrogen-bond donors (Lipinski definition) is 3. The molecule has 2 rings (SSSR count). The van der Waals surface area contributed by atoms with Gasteiger partial charge in [0, 0.05) is 25.0 Å². The number of rotatable bonds is 16. The number of nitrogens with one attached hydrogen (secondary N) is 1. The van der Waals surface area contributed by atoms with E-state index in [0.717, 1.165) is 38.5 Å². The maximum Gasteiger partial charge on any atom is 0.343 e. The summed E-state index contributed by atoms with van der Waals surface area (Å²) in [5.41, 5.74) is -4.25. The number of unbranched alkanes of at least 4 members (excludes halogenated alkanes) is 6. The smallest absolute Gasteiger partial charge is 0.343 e. The topological polar surface area (TPSA) is 137 Å². The van der Waals surface area contributed by atoms with Gasteiger partial charge in [0.25, 0.3) is 5.54 Å². The third kappa shape index (κ3) is 4.86. The van der Waals surface area contributed by atoms with Crippen LogP contribution in [0, 0.1) is 11.3 Å². The van der Waals surface area contributed by atoms with Crippen molar-refractivity contribution in [3.8, 4) is 0 Å². The number of ketones is 2. The van der Waals surface area contributed by atoms with E-state index in [1.807, 2.05) is 0 Å². The Morgan fingerprint density at radius 1 is 0.882 bits per heavy atom. The van der Waals surface area contributed by atoms with E-state index in [2.05, 4.69) is 23.8 Å². The summed E-state index contributed by atoms with van der Waals surface area (Å²) in [4.78, 5) is 60.0. The summed E-state index contributed by atoms with van der Waals surface area (Å²) in [6.07, 6.45) is 8.29. The second-order valence-corrected chi connectivity index (χ2v) is 9.16. The number of carbonyl (C=O) groups is 4. The third-order valence-electron chi connectivity index (χ3n) is 7.00. The summed E-state index contributed by atoms with van der Waals surface area (Å²) in [6.45, 7) is 5.73. The van der Waals surface area contributed by atoms with Crippen molar-refractivity contribution in [2.24, 2.45) is 16.3 Å². The molecule has 0 aliphatic carbocycles. The van der Waals surface area contributed by atoms with Gasteiger partial charge in [-0.25, -0.2) is 9.59 Å². The first-order valence-electron chi connectivity index (χ1n) is 12.5. The molecule has 2 heterocycles. The van der Waals surface area contributed by atoms with Gasteiger partial charge in [-0.2, -0.15) is 0 Å². The molecule has 0 saturated heterocycles. The molecule has 1 unspecified atom stereocenters. The van der Waals surface area contributed by atoms with E-state index >= 15 is 0 Å². The summed E-state index contributed by atoms with van der Waals surface area (Å²) in [5.74, 6) is -5.47. The van der Waals surface area contributed by atoms with Crippen LogP contribution in [-0.4, -0.2) is 50.0 Å². The van der Waals surface area contributed by atoms with Crippen molar-refractivity contribution >= 4 is 29.2 Å². The molecular weight excluding hydrogens is 436 g/mol. The molecular formula is C26H38N2O6. The number of aromatic nitrogens is 1. The van der Waals surface area contributed by atoms with Crippen molar-refractivity contribution in [1.29, 1.82) is 0 Å². The van der Waals surface area contributed by atoms with E-state index in [1.165, 1.54) is 0 Å². The Morgan fingerprint density at radius 3 is 1.79 bits per heavy atom. The first kappa shape index (κ1) is 27.5. The van der Waals surface area contributed by atoms with Crippen LogP contribution in [0.1, 0.15) is 97.1 Å². The van der Waals surface area contributed by atoms with Gasteiger partial charge in [-0.1, -0.05) is 59.3 Å². The van der Waals surface area contributed by atoms with Gasteiger partial charge in [0.05, 0.1) is 11.4 Å². The SMILES string of the molecule is CCCCCCC(=O)C1(C(=O)CCCCCC)C(c2ccc[nH]2)=NC(C(=O)O)(C(=O)O)C1CC. The molecule has 34 heavy (non-hydrogen) atoms. The molecule has 1 aromatic heterocycles. The zero-order chi connectivity index (χ0) is 25.4. The van der Waals surface area contributed by atoms with Crippen molar-refractivity contribution in [3.05, 3.63) is 24.0 Å². The molecule has 188 valence electrons. The van der Waals surface area contributed by atoms with Gasteiger partial charge in [-0.3, -0.25) is 14.6 Å². The minimum Gasteiger partial charge on any atom is -0.479 e.